The highest BCUT2D eigenvalue weighted by molar-refractivity contribution is 5.81. The second-order valence-electron chi connectivity index (χ2n) is 5.43. The molecule has 1 aliphatic heterocycles. The predicted octanol–water partition coefficient (Wildman–Crippen LogP) is 3.16. The van der Waals surface area contributed by atoms with E-state index >= 15 is 0 Å². The highest BCUT2D eigenvalue weighted by Crippen LogP contribution is 2.28. The van der Waals surface area contributed by atoms with Crippen LogP contribution in [0.2, 0.25) is 0 Å². The SMILES string of the molecule is COc1ccc(CC(=O)CCC2CCCCO2)cc1OC. The Morgan fingerprint density at radius 2 is 2.05 bits per heavy atom. The molecule has 4 nitrogen and oxygen atoms in total. The van der Waals surface area contributed by atoms with E-state index < -0.39 is 0 Å². The minimum absolute atomic E-state index is 0.247. The molecule has 1 aromatic rings. The van der Waals surface area contributed by atoms with Crippen molar-refractivity contribution >= 4 is 5.78 Å². The molecule has 1 fully saturated rings. The molecule has 0 saturated carbocycles. The Labute approximate surface area is 126 Å². The Kier molecular flexibility index (Phi) is 6.05. The summed E-state index contributed by atoms with van der Waals surface area (Å²) < 4.78 is 16.1. The van der Waals surface area contributed by atoms with E-state index in [1.807, 2.05) is 18.2 Å². The van der Waals surface area contributed by atoms with Crippen molar-refractivity contribution in [2.75, 3.05) is 20.8 Å². The number of ketones is 1. The van der Waals surface area contributed by atoms with Crippen LogP contribution in [0.25, 0.3) is 0 Å². The minimum atomic E-state index is 0.247. The summed E-state index contributed by atoms with van der Waals surface area (Å²) in [5, 5.41) is 0. The predicted molar refractivity (Wildman–Crippen MR) is 81.1 cm³/mol. The van der Waals surface area contributed by atoms with Gasteiger partial charge >= 0.3 is 0 Å². The second-order valence-corrected chi connectivity index (χ2v) is 5.43. The second kappa shape index (κ2) is 8.03. The van der Waals surface area contributed by atoms with Crippen molar-refractivity contribution in [3.8, 4) is 11.5 Å². The summed E-state index contributed by atoms with van der Waals surface area (Å²) in [6.45, 7) is 0.842. The van der Waals surface area contributed by atoms with E-state index in [1.165, 1.54) is 6.42 Å². The zero-order valence-electron chi connectivity index (χ0n) is 12.9. The number of Topliss-reactive ketones (excluding diaryl/α,β-unsaturated/α-hetero) is 1. The minimum Gasteiger partial charge on any atom is -0.493 e. The number of hydrogen-bond acceptors (Lipinski definition) is 4. The fourth-order valence-electron chi connectivity index (χ4n) is 2.66. The van der Waals surface area contributed by atoms with Crippen molar-refractivity contribution in [3.05, 3.63) is 23.8 Å². The van der Waals surface area contributed by atoms with Crippen LogP contribution in [0.15, 0.2) is 18.2 Å². The van der Waals surface area contributed by atoms with Crippen molar-refractivity contribution < 1.29 is 19.0 Å². The van der Waals surface area contributed by atoms with Crippen molar-refractivity contribution in [2.24, 2.45) is 0 Å². The van der Waals surface area contributed by atoms with Crippen molar-refractivity contribution in [1.29, 1.82) is 0 Å². The third kappa shape index (κ3) is 4.74. The molecular weight excluding hydrogens is 268 g/mol. The first-order valence-electron chi connectivity index (χ1n) is 7.57. The van der Waals surface area contributed by atoms with Crippen LogP contribution in [0, 0.1) is 0 Å². The van der Waals surface area contributed by atoms with Crippen molar-refractivity contribution in [3.63, 3.8) is 0 Å². The number of hydrogen-bond donors (Lipinski definition) is 0. The third-order valence-electron chi connectivity index (χ3n) is 3.87. The fourth-order valence-corrected chi connectivity index (χ4v) is 2.66. The molecule has 2 rings (SSSR count). The van der Waals surface area contributed by atoms with Crippen molar-refractivity contribution in [2.45, 2.75) is 44.6 Å². The maximum Gasteiger partial charge on any atom is 0.161 e. The van der Waals surface area contributed by atoms with Gasteiger partial charge in [-0.3, -0.25) is 4.79 Å². The lowest BCUT2D eigenvalue weighted by molar-refractivity contribution is -0.119. The number of carbonyl (C=O) groups excluding carboxylic acids is 1. The molecule has 1 aromatic carbocycles. The lowest BCUT2D eigenvalue weighted by Gasteiger charge is -2.22. The van der Waals surface area contributed by atoms with Gasteiger partial charge in [-0.2, -0.15) is 0 Å². The van der Waals surface area contributed by atoms with Crippen LogP contribution in [-0.2, 0) is 16.0 Å². The maximum absolute atomic E-state index is 12.1. The van der Waals surface area contributed by atoms with E-state index in [1.54, 1.807) is 14.2 Å². The highest BCUT2D eigenvalue weighted by Gasteiger charge is 2.15. The van der Waals surface area contributed by atoms with Gasteiger partial charge in [0.1, 0.15) is 5.78 Å². The molecule has 4 heteroatoms. The first-order valence-corrected chi connectivity index (χ1v) is 7.57. The molecule has 0 spiro atoms. The van der Waals surface area contributed by atoms with Crippen LogP contribution < -0.4 is 9.47 Å². The number of benzene rings is 1. The zero-order valence-corrected chi connectivity index (χ0v) is 12.9. The summed E-state index contributed by atoms with van der Waals surface area (Å²) >= 11 is 0. The molecule has 116 valence electrons. The topological polar surface area (TPSA) is 44.8 Å². The Morgan fingerprint density at radius 3 is 2.71 bits per heavy atom. The summed E-state index contributed by atoms with van der Waals surface area (Å²) in [4.78, 5) is 12.1. The number of ether oxygens (including phenoxy) is 3. The van der Waals surface area contributed by atoms with Gasteiger partial charge in [0.15, 0.2) is 11.5 Å². The monoisotopic (exact) mass is 292 g/mol. The average Bonchev–Trinajstić information content (AvgIpc) is 2.53. The summed E-state index contributed by atoms with van der Waals surface area (Å²) in [5.74, 6) is 1.60. The van der Waals surface area contributed by atoms with Gasteiger partial charge in [-0.1, -0.05) is 6.07 Å². The fraction of sp³-hybridized carbons (Fsp3) is 0.588. The van der Waals surface area contributed by atoms with Gasteiger partial charge in [-0.25, -0.2) is 0 Å². The molecular formula is C17H24O4. The summed E-state index contributed by atoms with van der Waals surface area (Å²) in [6.07, 6.45) is 5.58. The van der Waals surface area contributed by atoms with Crippen LogP contribution in [0.3, 0.4) is 0 Å². The lowest BCUT2D eigenvalue weighted by atomic mass is 10.00. The molecule has 0 amide bonds. The van der Waals surface area contributed by atoms with Gasteiger partial charge in [0.2, 0.25) is 0 Å². The van der Waals surface area contributed by atoms with Crippen LogP contribution in [0.4, 0.5) is 0 Å². The average molecular weight is 292 g/mol. The van der Waals surface area contributed by atoms with E-state index in [0.717, 1.165) is 31.4 Å². The smallest absolute Gasteiger partial charge is 0.161 e. The van der Waals surface area contributed by atoms with Crippen molar-refractivity contribution in [1.82, 2.24) is 0 Å². The molecule has 1 heterocycles. The van der Waals surface area contributed by atoms with Crippen LogP contribution in [0.5, 0.6) is 11.5 Å². The molecule has 0 radical (unpaired) electrons. The van der Waals surface area contributed by atoms with E-state index in [-0.39, 0.29) is 11.9 Å². The number of carbonyl (C=O) groups is 1. The molecule has 1 aliphatic rings. The molecule has 1 atom stereocenters. The molecule has 0 aromatic heterocycles. The molecule has 21 heavy (non-hydrogen) atoms. The first-order chi connectivity index (χ1) is 10.2. The van der Waals surface area contributed by atoms with E-state index in [2.05, 4.69) is 0 Å². The van der Waals surface area contributed by atoms with Gasteiger partial charge in [0.05, 0.1) is 20.3 Å². The normalized spacial score (nSPS) is 18.3. The third-order valence-corrected chi connectivity index (χ3v) is 3.87. The summed E-state index contributed by atoms with van der Waals surface area (Å²) in [7, 11) is 3.21. The van der Waals surface area contributed by atoms with Gasteiger partial charge in [0.25, 0.3) is 0 Å². The van der Waals surface area contributed by atoms with E-state index in [0.29, 0.717) is 24.3 Å². The summed E-state index contributed by atoms with van der Waals surface area (Å²) in [6, 6.07) is 5.62. The standard InChI is InChI=1S/C17H24O4/c1-19-16-9-6-13(12-17(16)20-2)11-14(18)7-8-15-5-3-4-10-21-15/h6,9,12,15H,3-5,7-8,10-11H2,1-2H3. The maximum atomic E-state index is 12.1. The van der Waals surface area contributed by atoms with Gasteiger partial charge in [-0.15, -0.1) is 0 Å². The molecule has 1 saturated heterocycles. The Hall–Kier alpha value is -1.55. The van der Waals surface area contributed by atoms with Gasteiger partial charge < -0.3 is 14.2 Å². The van der Waals surface area contributed by atoms with E-state index in [9.17, 15) is 4.79 Å². The zero-order chi connectivity index (χ0) is 15.1. The van der Waals surface area contributed by atoms with E-state index in [4.69, 9.17) is 14.2 Å². The molecule has 0 N–H and O–H groups in total. The summed E-state index contributed by atoms with van der Waals surface area (Å²) in [5.41, 5.74) is 0.960. The molecule has 0 bridgehead atoms. The highest BCUT2D eigenvalue weighted by atomic mass is 16.5. The Balaban J connectivity index is 1.84. The van der Waals surface area contributed by atoms with Gasteiger partial charge in [-0.05, 0) is 43.4 Å². The lowest BCUT2D eigenvalue weighted by Crippen LogP contribution is -2.20. The number of rotatable bonds is 7. The molecule has 1 unspecified atom stereocenters. The van der Waals surface area contributed by atoms with Gasteiger partial charge in [0, 0.05) is 19.4 Å². The Morgan fingerprint density at radius 1 is 1.24 bits per heavy atom. The first kappa shape index (κ1) is 15.8. The quantitative estimate of drug-likeness (QED) is 0.774. The largest absolute Gasteiger partial charge is 0.493 e. The van der Waals surface area contributed by atoms with Crippen LogP contribution in [-0.4, -0.2) is 32.7 Å². The van der Waals surface area contributed by atoms with Crippen LogP contribution in [0.1, 0.15) is 37.7 Å². The molecule has 0 aliphatic carbocycles. The number of methoxy groups -OCH3 is 2. The Bertz CT molecular complexity index is 464. The van der Waals surface area contributed by atoms with Crippen LogP contribution >= 0.6 is 0 Å².